The fourth-order valence-electron chi connectivity index (χ4n) is 3.87. The second-order valence-electron chi connectivity index (χ2n) is 7.53. The van der Waals surface area contributed by atoms with Crippen LogP contribution in [0.2, 0.25) is 0 Å². The Balaban J connectivity index is 1.23. The van der Waals surface area contributed by atoms with Crippen LogP contribution >= 0.6 is 0 Å². The van der Waals surface area contributed by atoms with Gasteiger partial charge in [0.05, 0.1) is 7.11 Å². The summed E-state index contributed by atoms with van der Waals surface area (Å²) in [7, 11) is 1.59. The Kier molecular flexibility index (Phi) is 5.69. The Hall–Kier alpha value is -3.02. The van der Waals surface area contributed by atoms with Crippen LogP contribution in [0.15, 0.2) is 54.6 Å². The van der Waals surface area contributed by atoms with Gasteiger partial charge < -0.3 is 19.3 Å². The Morgan fingerprint density at radius 2 is 1.62 bits per heavy atom. The molecular formula is C23H26N2O4. The van der Waals surface area contributed by atoms with Crippen LogP contribution in [-0.4, -0.2) is 61.5 Å². The van der Waals surface area contributed by atoms with Gasteiger partial charge in [-0.25, -0.2) is 0 Å². The molecule has 0 aromatic heterocycles. The van der Waals surface area contributed by atoms with E-state index in [1.807, 2.05) is 35.2 Å². The van der Waals surface area contributed by atoms with Crippen molar-refractivity contribution in [2.75, 3.05) is 39.9 Å². The molecule has 2 aliphatic rings. The predicted octanol–water partition coefficient (Wildman–Crippen LogP) is 2.55. The second-order valence-corrected chi connectivity index (χ2v) is 7.53. The first kappa shape index (κ1) is 19.3. The summed E-state index contributed by atoms with van der Waals surface area (Å²) in [6.07, 6.45) is 0.927. The summed E-state index contributed by atoms with van der Waals surface area (Å²) in [6.45, 7) is 2.26. The van der Waals surface area contributed by atoms with Gasteiger partial charge in [-0.15, -0.1) is 0 Å². The number of ether oxygens (including phenoxy) is 2. The van der Waals surface area contributed by atoms with Crippen molar-refractivity contribution in [3.05, 3.63) is 60.2 Å². The summed E-state index contributed by atoms with van der Waals surface area (Å²) in [6, 6.07) is 17.4. The van der Waals surface area contributed by atoms with Gasteiger partial charge in [0, 0.05) is 38.2 Å². The van der Waals surface area contributed by atoms with Crippen molar-refractivity contribution in [2.45, 2.75) is 12.3 Å². The molecule has 1 heterocycles. The maximum atomic E-state index is 12.8. The summed E-state index contributed by atoms with van der Waals surface area (Å²) in [5.74, 6) is 1.89. The zero-order valence-electron chi connectivity index (χ0n) is 16.6. The van der Waals surface area contributed by atoms with E-state index in [-0.39, 0.29) is 24.3 Å². The van der Waals surface area contributed by atoms with Crippen LogP contribution in [0.25, 0.3) is 0 Å². The molecule has 0 radical (unpaired) electrons. The van der Waals surface area contributed by atoms with Gasteiger partial charge in [0.2, 0.25) is 5.91 Å². The van der Waals surface area contributed by atoms with Gasteiger partial charge in [-0.2, -0.15) is 0 Å². The lowest BCUT2D eigenvalue weighted by Gasteiger charge is -2.35. The van der Waals surface area contributed by atoms with E-state index in [2.05, 4.69) is 12.1 Å². The minimum absolute atomic E-state index is 0.0141. The highest BCUT2D eigenvalue weighted by atomic mass is 16.5. The molecule has 2 amide bonds. The normalized spacial score (nSPS) is 20.9. The van der Waals surface area contributed by atoms with Crippen molar-refractivity contribution >= 4 is 11.8 Å². The highest BCUT2D eigenvalue weighted by Gasteiger charge is 2.46. The largest absolute Gasteiger partial charge is 0.497 e. The number of methoxy groups -OCH3 is 1. The van der Waals surface area contributed by atoms with Crippen molar-refractivity contribution in [1.29, 1.82) is 0 Å². The molecule has 1 aliphatic heterocycles. The topological polar surface area (TPSA) is 59.1 Å². The molecule has 2 aromatic carbocycles. The first-order valence-corrected chi connectivity index (χ1v) is 10.0. The maximum Gasteiger partial charge on any atom is 0.260 e. The molecular weight excluding hydrogens is 368 g/mol. The molecule has 1 saturated heterocycles. The van der Waals surface area contributed by atoms with Crippen molar-refractivity contribution in [3.63, 3.8) is 0 Å². The number of benzene rings is 2. The molecule has 0 N–H and O–H groups in total. The number of carbonyl (C=O) groups excluding carboxylic acids is 2. The van der Waals surface area contributed by atoms with E-state index in [1.165, 1.54) is 5.56 Å². The summed E-state index contributed by atoms with van der Waals surface area (Å²) >= 11 is 0. The Bertz CT molecular complexity index is 862. The number of hydrogen-bond donors (Lipinski definition) is 0. The molecule has 1 aliphatic carbocycles. The first-order chi connectivity index (χ1) is 14.2. The molecule has 4 rings (SSSR count). The summed E-state index contributed by atoms with van der Waals surface area (Å²) in [5.41, 5.74) is 1.24. The molecule has 152 valence electrons. The van der Waals surface area contributed by atoms with Crippen LogP contribution in [0.1, 0.15) is 17.9 Å². The monoisotopic (exact) mass is 394 g/mol. The van der Waals surface area contributed by atoms with E-state index in [0.717, 1.165) is 6.42 Å². The average molecular weight is 394 g/mol. The quantitative estimate of drug-likeness (QED) is 0.756. The third kappa shape index (κ3) is 4.53. The third-order valence-electron chi connectivity index (χ3n) is 5.68. The van der Waals surface area contributed by atoms with Crippen LogP contribution in [0.3, 0.4) is 0 Å². The van der Waals surface area contributed by atoms with Crippen LogP contribution in [-0.2, 0) is 9.59 Å². The third-order valence-corrected chi connectivity index (χ3v) is 5.68. The molecule has 2 unspecified atom stereocenters. The van der Waals surface area contributed by atoms with E-state index in [4.69, 9.17) is 9.47 Å². The molecule has 2 fully saturated rings. The van der Waals surface area contributed by atoms with Gasteiger partial charge in [-0.3, -0.25) is 9.59 Å². The fraction of sp³-hybridized carbons (Fsp3) is 0.391. The number of nitrogens with zero attached hydrogens (tertiary/aromatic N) is 2. The zero-order chi connectivity index (χ0) is 20.2. The number of piperazine rings is 1. The van der Waals surface area contributed by atoms with E-state index < -0.39 is 0 Å². The van der Waals surface area contributed by atoms with Gasteiger partial charge in [0.25, 0.3) is 5.91 Å². The number of rotatable bonds is 6. The second kappa shape index (κ2) is 8.55. The molecule has 1 saturated carbocycles. The van der Waals surface area contributed by atoms with Crippen molar-refractivity contribution < 1.29 is 19.1 Å². The Morgan fingerprint density at radius 3 is 2.34 bits per heavy atom. The summed E-state index contributed by atoms with van der Waals surface area (Å²) < 4.78 is 10.8. The van der Waals surface area contributed by atoms with E-state index in [9.17, 15) is 9.59 Å². The predicted molar refractivity (Wildman–Crippen MR) is 109 cm³/mol. The van der Waals surface area contributed by atoms with Gasteiger partial charge in [0.1, 0.15) is 11.5 Å². The van der Waals surface area contributed by atoms with E-state index in [1.54, 1.807) is 24.1 Å². The standard InChI is InChI=1S/C23H26N2O4/c1-28-18-8-5-9-19(14-18)29-16-22(26)24-10-12-25(13-11-24)23(27)21-15-20(21)17-6-3-2-4-7-17/h2-9,14,20-21H,10-13,15-16H2,1H3. The lowest BCUT2D eigenvalue weighted by molar-refractivity contribution is -0.141. The van der Waals surface area contributed by atoms with Crippen molar-refractivity contribution in [1.82, 2.24) is 9.80 Å². The molecule has 6 heteroatoms. The molecule has 0 bridgehead atoms. The van der Waals surface area contributed by atoms with Crippen molar-refractivity contribution in [3.8, 4) is 11.5 Å². The maximum absolute atomic E-state index is 12.8. The van der Waals surface area contributed by atoms with Gasteiger partial charge in [-0.05, 0) is 30.0 Å². The average Bonchev–Trinajstić information content (AvgIpc) is 3.59. The minimum Gasteiger partial charge on any atom is -0.497 e. The molecule has 2 atom stereocenters. The zero-order valence-corrected chi connectivity index (χ0v) is 16.6. The molecule has 29 heavy (non-hydrogen) atoms. The smallest absolute Gasteiger partial charge is 0.260 e. The highest BCUT2D eigenvalue weighted by Crippen LogP contribution is 2.48. The first-order valence-electron chi connectivity index (χ1n) is 10.0. The number of hydrogen-bond acceptors (Lipinski definition) is 4. The van der Waals surface area contributed by atoms with Gasteiger partial charge >= 0.3 is 0 Å². The van der Waals surface area contributed by atoms with Crippen LogP contribution in [0.5, 0.6) is 11.5 Å². The molecule has 2 aromatic rings. The van der Waals surface area contributed by atoms with Crippen LogP contribution in [0.4, 0.5) is 0 Å². The van der Waals surface area contributed by atoms with E-state index >= 15 is 0 Å². The molecule has 0 spiro atoms. The van der Waals surface area contributed by atoms with Crippen LogP contribution < -0.4 is 9.47 Å². The fourth-order valence-corrected chi connectivity index (χ4v) is 3.87. The van der Waals surface area contributed by atoms with E-state index in [0.29, 0.717) is 43.6 Å². The summed E-state index contributed by atoms with van der Waals surface area (Å²) in [5, 5.41) is 0. The van der Waals surface area contributed by atoms with Crippen LogP contribution in [0, 0.1) is 5.92 Å². The number of carbonyl (C=O) groups is 2. The lowest BCUT2D eigenvalue weighted by Crippen LogP contribution is -2.52. The lowest BCUT2D eigenvalue weighted by atomic mass is 10.1. The summed E-state index contributed by atoms with van der Waals surface area (Å²) in [4.78, 5) is 28.9. The molecule has 6 nitrogen and oxygen atoms in total. The van der Waals surface area contributed by atoms with Gasteiger partial charge in [0.15, 0.2) is 6.61 Å². The highest BCUT2D eigenvalue weighted by molar-refractivity contribution is 5.83. The minimum atomic E-state index is -0.0616. The number of amides is 2. The Labute approximate surface area is 171 Å². The van der Waals surface area contributed by atoms with Crippen molar-refractivity contribution in [2.24, 2.45) is 5.92 Å². The van der Waals surface area contributed by atoms with Gasteiger partial charge in [-0.1, -0.05) is 36.4 Å². The SMILES string of the molecule is COc1cccc(OCC(=O)N2CCN(C(=O)C3CC3c3ccccc3)CC2)c1. The Morgan fingerprint density at radius 1 is 0.931 bits per heavy atom.